The van der Waals surface area contributed by atoms with Crippen molar-refractivity contribution < 1.29 is 0 Å². The predicted octanol–water partition coefficient (Wildman–Crippen LogP) is 2.82. The van der Waals surface area contributed by atoms with Gasteiger partial charge >= 0.3 is 0 Å². The van der Waals surface area contributed by atoms with Gasteiger partial charge in [-0.1, -0.05) is 0 Å². The van der Waals surface area contributed by atoms with E-state index in [0.717, 1.165) is 17.9 Å². The Morgan fingerprint density at radius 3 is 2.53 bits per heavy atom. The van der Waals surface area contributed by atoms with Gasteiger partial charge in [0.15, 0.2) is 0 Å². The lowest BCUT2D eigenvalue weighted by Crippen LogP contribution is -2.04. The fraction of sp³-hybridized carbons (Fsp3) is 0.133. The highest BCUT2D eigenvalue weighted by Gasteiger charge is 1.99. The van der Waals surface area contributed by atoms with E-state index < -0.39 is 0 Å². The van der Waals surface area contributed by atoms with Crippen LogP contribution in [0.3, 0.4) is 0 Å². The summed E-state index contributed by atoms with van der Waals surface area (Å²) in [4.78, 5) is 0. The Morgan fingerprint density at radius 1 is 1.05 bits per heavy atom. The van der Waals surface area contributed by atoms with Crippen molar-refractivity contribution in [2.45, 2.75) is 6.54 Å². The predicted molar refractivity (Wildman–Crippen MR) is 76.3 cm³/mol. The molecule has 0 aliphatic carbocycles. The van der Waals surface area contributed by atoms with Crippen molar-refractivity contribution in [2.24, 2.45) is 7.05 Å². The van der Waals surface area contributed by atoms with Gasteiger partial charge in [0.25, 0.3) is 0 Å². The van der Waals surface area contributed by atoms with Crippen molar-refractivity contribution in [1.29, 1.82) is 0 Å². The number of rotatable bonds is 4. The summed E-state index contributed by atoms with van der Waals surface area (Å²) in [6, 6.07) is 14.3. The molecule has 3 aromatic rings. The molecule has 3 rings (SSSR count). The molecule has 2 heterocycles. The molecule has 0 bridgehead atoms. The topological polar surface area (TPSA) is 34.8 Å². The minimum absolute atomic E-state index is 0.824. The summed E-state index contributed by atoms with van der Waals surface area (Å²) >= 11 is 0. The molecular formula is C15H16N4. The minimum atomic E-state index is 0.824. The summed E-state index contributed by atoms with van der Waals surface area (Å²) in [6.07, 6.45) is 5.77. The second-order valence-corrected chi connectivity index (χ2v) is 4.46. The summed E-state index contributed by atoms with van der Waals surface area (Å²) in [5.74, 6) is 0. The highest BCUT2D eigenvalue weighted by Crippen LogP contribution is 2.13. The summed E-state index contributed by atoms with van der Waals surface area (Å²) < 4.78 is 3.96. The monoisotopic (exact) mass is 252 g/mol. The molecule has 1 N–H and O–H groups in total. The van der Waals surface area contributed by atoms with E-state index in [0.29, 0.717) is 0 Å². The third-order valence-electron chi connectivity index (χ3n) is 3.16. The summed E-state index contributed by atoms with van der Waals surface area (Å²) in [5, 5.41) is 7.62. The van der Waals surface area contributed by atoms with Crippen LogP contribution in [0.1, 0.15) is 5.69 Å². The van der Waals surface area contributed by atoms with Gasteiger partial charge in [-0.3, -0.25) is 0 Å². The van der Waals surface area contributed by atoms with Gasteiger partial charge in [-0.05, 0) is 42.5 Å². The Kier molecular flexibility index (Phi) is 3.06. The van der Waals surface area contributed by atoms with Crippen LogP contribution in [-0.4, -0.2) is 14.3 Å². The normalized spacial score (nSPS) is 10.6. The molecule has 0 aliphatic rings. The van der Waals surface area contributed by atoms with Gasteiger partial charge in [-0.15, -0.1) is 0 Å². The molecule has 4 heteroatoms. The number of hydrogen-bond acceptors (Lipinski definition) is 2. The molecule has 0 unspecified atom stereocenters. The van der Waals surface area contributed by atoms with Gasteiger partial charge in [0.05, 0.1) is 12.2 Å². The van der Waals surface area contributed by atoms with Crippen LogP contribution in [-0.2, 0) is 13.6 Å². The maximum atomic E-state index is 4.21. The molecule has 0 atom stereocenters. The lowest BCUT2D eigenvalue weighted by molar-refractivity contribution is 0.842. The van der Waals surface area contributed by atoms with Crippen molar-refractivity contribution in [3.8, 4) is 5.69 Å². The average Bonchev–Trinajstić information content (AvgIpc) is 3.09. The molecule has 1 aromatic carbocycles. The molecule has 0 spiro atoms. The van der Waals surface area contributed by atoms with Crippen molar-refractivity contribution >= 4 is 5.69 Å². The lowest BCUT2D eigenvalue weighted by Gasteiger charge is -2.08. The molecule has 0 saturated carbocycles. The maximum Gasteiger partial charge on any atom is 0.0647 e. The van der Waals surface area contributed by atoms with Gasteiger partial charge in [0, 0.05) is 37.0 Å². The molecule has 0 fully saturated rings. The first-order valence-corrected chi connectivity index (χ1v) is 6.27. The Hall–Kier alpha value is -2.49. The molecular weight excluding hydrogens is 236 g/mol. The van der Waals surface area contributed by atoms with Crippen LogP contribution in [0.15, 0.2) is 61.1 Å². The van der Waals surface area contributed by atoms with Crippen LogP contribution < -0.4 is 5.32 Å². The Bertz CT molecular complexity index is 635. The van der Waals surface area contributed by atoms with Gasteiger partial charge in [0.1, 0.15) is 0 Å². The first-order valence-electron chi connectivity index (χ1n) is 6.27. The Labute approximate surface area is 112 Å². The zero-order valence-electron chi connectivity index (χ0n) is 10.8. The third-order valence-corrected chi connectivity index (χ3v) is 3.16. The summed E-state index contributed by atoms with van der Waals surface area (Å²) in [7, 11) is 2.05. The van der Waals surface area contributed by atoms with Gasteiger partial charge < -0.3 is 9.88 Å². The smallest absolute Gasteiger partial charge is 0.0647 e. The summed E-state index contributed by atoms with van der Waals surface area (Å²) in [6.45, 7) is 0.824. The standard InChI is InChI=1S/C15H16N4/c1-18-10-2-4-15(18)12-16-13-5-7-14(8-6-13)19-11-3-9-17-19/h2-11,16H,12H2,1H3. The molecule has 0 amide bonds. The fourth-order valence-corrected chi connectivity index (χ4v) is 2.03. The van der Waals surface area contributed by atoms with Crippen LogP contribution in [0.5, 0.6) is 0 Å². The van der Waals surface area contributed by atoms with E-state index in [-0.39, 0.29) is 0 Å². The fourth-order valence-electron chi connectivity index (χ4n) is 2.03. The number of aryl methyl sites for hydroxylation is 1. The molecule has 96 valence electrons. The van der Waals surface area contributed by atoms with Crippen LogP contribution in [0.25, 0.3) is 5.69 Å². The van der Waals surface area contributed by atoms with E-state index in [1.165, 1.54) is 5.69 Å². The molecule has 0 saturated heterocycles. The third kappa shape index (κ3) is 2.52. The highest BCUT2D eigenvalue weighted by atomic mass is 15.3. The maximum absolute atomic E-state index is 4.21. The zero-order valence-corrected chi connectivity index (χ0v) is 10.8. The van der Waals surface area contributed by atoms with Crippen LogP contribution in [0.2, 0.25) is 0 Å². The number of nitrogens with one attached hydrogen (secondary N) is 1. The van der Waals surface area contributed by atoms with E-state index in [2.05, 4.69) is 64.6 Å². The number of aromatic nitrogens is 3. The van der Waals surface area contributed by atoms with E-state index in [1.807, 2.05) is 16.9 Å². The van der Waals surface area contributed by atoms with Crippen molar-refractivity contribution in [3.05, 3.63) is 66.7 Å². The number of anilines is 1. The zero-order chi connectivity index (χ0) is 13.1. The second-order valence-electron chi connectivity index (χ2n) is 4.46. The largest absolute Gasteiger partial charge is 0.379 e. The average molecular weight is 252 g/mol. The van der Waals surface area contributed by atoms with Crippen molar-refractivity contribution in [1.82, 2.24) is 14.3 Å². The van der Waals surface area contributed by atoms with Gasteiger partial charge in [-0.25, -0.2) is 4.68 Å². The van der Waals surface area contributed by atoms with Crippen LogP contribution in [0.4, 0.5) is 5.69 Å². The Balaban J connectivity index is 1.68. The van der Waals surface area contributed by atoms with Gasteiger partial charge in [0.2, 0.25) is 0 Å². The molecule has 0 aliphatic heterocycles. The number of hydrogen-bond donors (Lipinski definition) is 1. The molecule has 0 radical (unpaired) electrons. The van der Waals surface area contributed by atoms with E-state index >= 15 is 0 Å². The second kappa shape index (κ2) is 5.02. The SMILES string of the molecule is Cn1cccc1CNc1ccc(-n2cccn2)cc1. The number of nitrogens with zero attached hydrogens (tertiary/aromatic N) is 3. The quantitative estimate of drug-likeness (QED) is 0.775. The first-order chi connectivity index (χ1) is 9.33. The minimum Gasteiger partial charge on any atom is -0.379 e. The molecule has 2 aromatic heterocycles. The van der Waals surface area contributed by atoms with E-state index in [1.54, 1.807) is 6.20 Å². The molecule has 19 heavy (non-hydrogen) atoms. The lowest BCUT2D eigenvalue weighted by atomic mass is 10.2. The highest BCUT2D eigenvalue weighted by molar-refractivity contribution is 5.48. The van der Waals surface area contributed by atoms with E-state index in [9.17, 15) is 0 Å². The number of benzene rings is 1. The van der Waals surface area contributed by atoms with Gasteiger partial charge in [-0.2, -0.15) is 5.10 Å². The van der Waals surface area contributed by atoms with E-state index in [4.69, 9.17) is 0 Å². The molecule has 4 nitrogen and oxygen atoms in total. The van der Waals surface area contributed by atoms with Crippen molar-refractivity contribution in [3.63, 3.8) is 0 Å². The summed E-state index contributed by atoms with van der Waals surface area (Å²) in [5.41, 5.74) is 3.43. The van der Waals surface area contributed by atoms with Crippen molar-refractivity contribution in [2.75, 3.05) is 5.32 Å². The van der Waals surface area contributed by atoms with Crippen LogP contribution in [0, 0.1) is 0 Å². The first kappa shape index (κ1) is 11.6. The Morgan fingerprint density at radius 2 is 1.89 bits per heavy atom. The van der Waals surface area contributed by atoms with Crippen LogP contribution >= 0.6 is 0 Å².